The smallest absolute Gasteiger partial charge is 0.251 e. The van der Waals surface area contributed by atoms with E-state index in [0.29, 0.717) is 17.3 Å². The van der Waals surface area contributed by atoms with Gasteiger partial charge in [-0.15, -0.1) is 0 Å². The van der Waals surface area contributed by atoms with Gasteiger partial charge in [0.2, 0.25) is 0 Å². The van der Waals surface area contributed by atoms with Crippen LogP contribution < -0.4 is 5.32 Å². The number of hydrogen-bond donors (Lipinski definition) is 1. The Kier molecular flexibility index (Phi) is 4.40. The van der Waals surface area contributed by atoms with E-state index < -0.39 is 0 Å². The summed E-state index contributed by atoms with van der Waals surface area (Å²) in [7, 11) is 0. The van der Waals surface area contributed by atoms with Crippen LogP contribution >= 0.6 is 11.6 Å². The van der Waals surface area contributed by atoms with Crippen LogP contribution in [0.15, 0.2) is 18.3 Å². The van der Waals surface area contributed by atoms with Gasteiger partial charge in [-0.2, -0.15) is 0 Å². The molecule has 76 valence electrons. The van der Waals surface area contributed by atoms with Crippen LogP contribution in [0.1, 0.15) is 30.1 Å². The Hall–Kier alpha value is -1.09. The maximum Gasteiger partial charge on any atom is 0.251 e. The lowest BCUT2D eigenvalue weighted by atomic mass is 10.2. The molecular formula is C10H13ClN2O. The molecule has 0 bridgehead atoms. The van der Waals surface area contributed by atoms with Gasteiger partial charge in [0.1, 0.15) is 5.15 Å². The summed E-state index contributed by atoms with van der Waals surface area (Å²) in [5.41, 5.74) is 0.557. The van der Waals surface area contributed by atoms with Crippen molar-refractivity contribution in [2.75, 3.05) is 6.54 Å². The Morgan fingerprint density at radius 1 is 1.64 bits per heavy atom. The van der Waals surface area contributed by atoms with Crippen molar-refractivity contribution in [3.05, 3.63) is 29.0 Å². The van der Waals surface area contributed by atoms with Crippen molar-refractivity contribution in [2.24, 2.45) is 0 Å². The number of nitrogens with zero attached hydrogens (tertiary/aromatic N) is 1. The van der Waals surface area contributed by atoms with Gasteiger partial charge in [-0.1, -0.05) is 24.9 Å². The van der Waals surface area contributed by atoms with E-state index in [4.69, 9.17) is 11.6 Å². The van der Waals surface area contributed by atoms with Crippen LogP contribution in [0.25, 0.3) is 0 Å². The van der Waals surface area contributed by atoms with Gasteiger partial charge in [0.15, 0.2) is 0 Å². The minimum absolute atomic E-state index is 0.0947. The number of pyridine rings is 1. The largest absolute Gasteiger partial charge is 0.352 e. The van der Waals surface area contributed by atoms with E-state index in [1.165, 1.54) is 6.20 Å². The first-order valence-corrected chi connectivity index (χ1v) is 5.01. The highest BCUT2D eigenvalue weighted by molar-refractivity contribution is 6.29. The van der Waals surface area contributed by atoms with Crippen molar-refractivity contribution in [2.45, 2.75) is 19.8 Å². The zero-order valence-electron chi connectivity index (χ0n) is 8.09. The molecule has 0 aromatic carbocycles. The van der Waals surface area contributed by atoms with Gasteiger partial charge in [0, 0.05) is 18.3 Å². The first-order valence-electron chi connectivity index (χ1n) is 4.63. The number of carbonyl (C=O) groups excluding carboxylic acids is 1. The lowest BCUT2D eigenvalue weighted by molar-refractivity contribution is 0.0953. The van der Waals surface area contributed by atoms with Gasteiger partial charge in [-0.05, 0) is 18.6 Å². The molecule has 1 aromatic rings. The average molecular weight is 213 g/mol. The minimum atomic E-state index is -0.0947. The summed E-state index contributed by atoms with van der Waals surface area (Å²) in [4.78, 5) is 15.3. The van der Waals surface area contributed by atoms with Crippen molar-refractivity contribution in [3.8, 4) is 0 Å². The van der Waals surface area contributed by atoms with Crippen LogP contribution in [0.5, 0.6) is 0 Å². The van der Waals surface area contributed by atoms with Crippen LogP contribution in [0.4, 0.5) is 0 Å². The molecule has 0 saturated carbocycles. The Labute approximate surface area is 88.5 Å². The van der Waals surface area contributed by atoms with Crippen molar-refractivity contribution in [1.82, 2.24) is 10.3 Å². The molecule has 0 aliphatic heterocycles. The standard InChI is InChI=1S/C10H13ClN2O/c1-2-3-5-13-10(14)8-4-6-12-9(11)7-8/h4,6-7H,2-3,5H2,1H3,(H,13,14). The van der Waals surface area contributed by atoms with E-state index >= 15 is 0 Å². The first-order chi connectivity index (χ1) is 6.74. The molecule has 0 aliphatic rings. The fourth-order valence-electron chi connectivity index (χ4n) is 1.02. The maximum absolute atomic E-state index is 11.5. The number of carbonyl (C=O) groups is 1. The van der Waals surface area contributed by atoms with Crippen molar-refractivity contribution in [3.63, 3.8) is 0 Å². The second-order valence-electron chi connectivity index (χ2n) is 2.98. The molecule has 0 saturated heterocycles. The van der Waals surface area contributed by atoms with E-state index in [2.05, 4.69) is 17.2 Å². The molecule has 0 fully saturated rings. The number of nitrogens with one attached hydrogen (secondary N) is 1. The van der Waals surface area contributed by atoms with E-state index in [0.717, 1.165) is 12.8 Å². The van der Waals surface area contributed by atoms with Gasteiger partial charge >= 0.3 is 0 Å². The Morgan fingerprint density at radius 2 is 2.43 bits per heavy atom. The Bertz CT molecular complexity index is 315. The number of amides is 1. The molecule has 0 radical (unpaired) electrons. The molecule has 14 heavy (non-hydrogen) atoms. The summed E-state index contributed by atoms with van der Waals surface area (Å²) in [6, 6.07) is 3.20. The number of unbranched alkanes of at least 4 members (excludes halogenated alkanes) is 1. The van der Waals surface area contributed by atoms with Gasteiger partial charge in [0.25, 0.3) is 5.91 Å². The quantitative estimate of drug-likeness (QED) is 0.615. The molecule has 1 rings (SSSR count). The molecule has 0 aliphatic carbocycles. The molecule has 4 heteroatoms. The van der Waals surface area contributed by atoms with Crippen LogP contribution in [-0.2, 0) is 0 Å². The minimum Gasteiger partial charge on any atom is -0.352 e. The molecule has 1 N–H and O–H groups in total. The van der Waals surface area contributed by atoms with E-state index in [1.807, 2.05) is 0 Å². The Balaban J connectivity index is 2.52. The molecule has 3 nitrogen and oxygen atoms in total. The predicted octanol–water partition coefficient (Wildman–Crippen LogP) is 2.26. The van der Waals surface area contributed by atoms with Crippen molar-refractivity contribution < 1.29 is 4.79 Å². The highest BCUT2D eigenvalue weighted by atomic mass is 35.5. The summed E-state index contributed by atoms with van der Waals surface area (Å²) in [5.74, 6) is -0.0947. The average Bonchev–Trinajstić information content (AvgIpc) is 2.18. The number of hydrogen-bond acceptors (Lipinski definition) is 2. The van der Waals surface area contributed by atoms with Gasteiger partial charge in [0.05, 0.1) is 0 Å². The van der Waals surface area contributed by atoms with E-state index in [1.54, 1.807) is 12.1 Å². The third-order valence-corrected chi connectivity index (χ3v) is 2.01. The summed E-state index contributed by atoms with van der Waals surface area (Å²) in [6.45, 7) is 2.78. The topological polar surface area (TPSA) is 42.0 Å². The number of aromatic nitrogens is 1. The highest BCUT2D eigenvalue weighted by Crippen LogP contribution is 2.06. The third-order valence-electron chi connectivity index (χ3n) is 1.80. The molecule has 1 amide bonds. The number of halogens is 1. The van der Waals surface area contributed by atoms with Crippen LogP contribution in [0.2, 0.25) is 5.15 Å². The normalized spacial score (nSPS) is 9.86. The summed E-state index contributed by atoms with van der Waals surface area (Å²) >= 11 is 5.66. The van der Waals surface area contributed by atoms with Gasteiger partial charge in [-0.3, -0.25) is 4.79 Å². The molecule has 0 unspecified atom stereocenters. The van der Waals surface area contributed by atoms with E-state index in [9.17, 15) is 4.79 Å². The first kappa shape index (κ1) is 11.0. The SMILES string of the molecule is CCCCNC(=O)c1ccnc(Cl)c1. The van der Waals surface area contributed by atoms with Crippen molar-refractivity contribution >= 4 is 17.5 Å². The van der Waals surface area contributed by atoms with Crippen LogP contribution in [0.3, 0.4) is 0 Å². The summed E-state index contributed by atoms with van der Waals surface area (Å²) < 4.78 is 0. The molecule has 0 atom stereocenters. The second-order valence-corrected chi connectivity index (χ2v) is 3.36. The lowest BCUT2D eigenvalue weighted by Gasteiger charge is -2.03. The molecule has 0 spiro atoms. The fraction of sp³-hybridized carbons (Fsp3) is 0.400. The second kappa shape index (κ2) is 5.60. The van der Waals surface area contributed by atoms with Gasteiger partial charge in [-0.25, -0.2) is 4.98 Å². The highest BCUT2D eigenvalue weighted by Gasteiger charge is 2.04. The fourth-order valence-corrected chi connectivity index (χ4v) is 1.20. The Morgan fingerprint density at radius 3 is 3.07 bits per heavy atom. The lowest BCUT2D eigenvalue weighted by Crippen LogP contribution is -2.24. The number of rotatable bonds is 4. The predicted molar refractivity (Wildman–Crippen MR) is 56.5 cm³/mol. The zero-order chi connectivity index (χ0) is 10.4. The molecule has 1 heterocycles. The molecular weight excluding hydrogens is 200 g/mol. The van der Waals surface area contributed by atoms with Crippen LogP contribution in [0, 0.1) is 0 Å². The summed E-state index contributed by atoms with van der Waals surface area (Å²) in [6.07, 6.45) is 3.58. The third kappa shape index (κ3) is 3.34. The van der Waals surface area contributed by atoms with Gasteiger partial charge < -0.3 is 5.32 Å². The maximum atomic E-state index is 11.5. The zero-order valence-corrected chi connectivity index (χ0v) is 8.84. The summed E-state index contributed by atoms with van der Waals surface area (Å²) in [5, 5.41) is 3.14. The monoisotopic (exact) mass is 212 g/mol. The van der Waals surface area contributed by atoms with Crippen molar-refractivity contribution in [1.29, 1.82) is 0 Å². The van der Waals surface area contributed by atoms with Crippen LogP contribution in [-0.4, -0.2) is 17.4 Å². The van der Waals surface area contributed by atoms with E-state index in [-0.39, 0.29) is 5.91 Å². The molecule has 1 aromatic heterocycles.